The molecule has 0 radical (unpaired) electrons. The van der Waals surface area contributed by atoms with Crippen molar-refractivity contribution in [3.05, 3.63) is 30.1 Å². The van der Waals surface area contributed by atoms with Gasteiger partial charge < -0.3 is 11.1 Å². The second kappa shape index (κ2) is 7.75. The predicted molar refractivity (Wildman–Crippen MR) is 66.5 cm³/mol. The molecule has 0 heterocycles. The van der Waals surface area contributed by atoms with Crippen LogP contribution in [-0.2, 0) is 4.79 Å². The summed E-state index contributed by atoms with van der Waals surface area (Å²) in [6.07, 6.45) is -2.55. The maximum Gasteiger partial charge on any atom is 0.251 e. The van der Waals surface area contributed by atoms with Gasteiger partial charge in [-0.2, -0.15) is 0 Å². The number of para-hydroxylation sites is 1. The standard InChI is InChI=1S/C12H16F3N3O/c13-9-3-1-2-4-10(9)17-12(19)8-18(6-5-16)7-11(14)15/h1-4,11H,5-8,16H2,(H,17,19). The molecule has 1 aromatic carbocycles. The highest BCUT2D eigenvalue weighted by atomic mass is 19.3. The summed E-state index contributed by atoms with van der Waals surface area (Å²) in [5, 5.41) is 2.33. The fourth-order valence-electron chi connectivity index (χ4n) is 1.57. The molecule has 0 atom stereocenters. The topological polar surface area (TPSA) is 58.4 Å². The number of nitrogens with one attached hydrogen (secondary N) is 1. The lowest BCUT2D eigenvalue weighted by atomic mass is 10.3. The van der Waals surface area contributed by atoms with Crippen LogP contribution in [0, 0.1) is 5.82 Å². The SMILES string of the molecule is NCCN(CC(=O)Nc1ccccc1F)CC(F)F. The van der Waals surface area contributed by atoms with E-state index < -0.39 is 24.7 Å². The Morgan fingerprint density at radius 2 is 2.05 bits per heavy atom. The van der Waals surface area contributed by atoms with Crippen LogP contribution in [0.3, 0.4) is 0 Å². The Morgan fingerprint density at radius 3 is 2.63 bits per heavy atom. The maximum atomic E-state index is 13.3. The van der Waals surface area contributed by atoms with Crippen molar-refractivity contribution in [2.24, 2.45) is 5.73 Å². The first-order valence-electron chi connectivity index (χ1n) is 5.78. The molecule has 0 aromatic heterocycles. The minimum atomic E-state index is -2.55. The Kier molecular flexibility index (Phi) is 6.31. The average molecular weight is 275 g/mol. The molecule has 3 N–H and O–H groups in total. The fourth-order valence-corrected chi connectivity index (χ4v) is 1.57. The van der Waals surface area contributed by atoms with E-state index in [-0.39, 0.29) is 25.3 Å². The van der Waals surface area contributed by atoms with E-state index in [9.17, 15) is 18.0 Å². The normalized spacial score (nSPS) is 11.1. The van der Waals surface area contributed by atoms with Gasteiger partial charge in [-0.25, -0.2) is 13.2 Å². The number of carbonyl (C=O) groups is 1. The van der Waals surface area contributed by atoms with E-state index >= 15 is 0 Å². The Balaban J connectivity index is 2.55. The number of anilines is 1. The average Bonchev–Trinajstić information content (AvgIpc) is 2.31. The summed E-state index contributed by atoms with van der Waals surface area (Å²) in [6, 6.07) is 5.65. The first kappa shape index (κ1) is 15.5. The molecule has 4 nitrogen and oxygen atoms in total. The molecule has 0 saturated heterocycles. The van der Waals surface area contributed by atoms with E-state index in [1.54, 1.807) is 6.07 Å². The summed E-state index contributed by atoms with van der Waals surface area (Å²) in [5.41, 5.74) is 5.30. The van der Waals surface area contributed by atoms with Gasteiger partial charge in [-0.05, 0) is 12.1 Å². The van der Waals surface area contributed by atoms with Crippen LogP contribution in [0.2, 0.25) is 0 Å². The second-order valence-corrected chi connectivity index (χ2v) is 3.94. The van der Waals surface area contributed by atoms with Gasteiger partial charge in [0.15, 0.2) is 0 Å². The molecule has 7 heteroatoms. The molecule has 1 rings (SSSR count). The van der Waals surface area contributed by atoms with Gasteiger partial charge in [0.1, 0.15) is 5.82 Å². The minimum Gasteiger partial charge on any atom is -0.329 e. The van der Waals surface area contributed by atoms with E-state index in [0.29, 0.717) is 0 Å². The Hall–Kier alpha value is -1.60. The molecule has 0 aliphatic heterocycles. The number of amides is 1. The van der Waals surface area contributed by atoms with Crippen LogP contribution in [0.4, 0.5) is 18.9 Å². The smallest absolute Gasteiger partial charge is 0.251 e. The molecular formula is C12H16F3N3O. The van der Waals surface area contributed by atoms with E-state index in [4.69, 9.17) is 5.73 Å². The van der Waals surface area contributed by atoms with Crippen LogP contribution < -0.4 is 11.1 Å². The van der Waals surface area contributed by atoms with E-state index in [1.807, 2.05) is 0 Å². The van der Waals surface area contributed by atoms with Crippen LogP contribution in [0.15, 0.2) is 24.3 Å². The molecule has 0 saturated carbocycles. The summed E-state index contributed by atoms with van der Waals surface area (Å²) < 4.78 is 37.8. The van der Waals surface area contributed by atoms with Crippen molar-refractivity contribution < 1.29 is 18.0 Å². The molecule has 1 amide bonds. The third-order valence-electron chi connectivity index (χ3n) is 2.36. The molecule has 0 aliphatic carbocycles. The van der Waals surface area contributed by atoms with Gasteiger partial charge in [-0.3, -0.25) is 9.69 Å². The quantitative estimate of drug-likeness (QED) is 0.788. The Bertz CT molecular complexity index is 415. The van der Waals surface area contributed by atoms with Gasteiger partial charge in [0.2, 0.25) is 5.91 Å². The highest BCUT2D eigenvalue weighted by Crippen LogP contribution is 2.12. The van der Waals surface area contributed by atoms with E-state index in [0.717, 1.165) is 0 Å². The molecule has 19 heavy (non-hydrogen) atoms. The number of alkyl halides is 2. The number of benzene rings is 1. The molecule has 0 fully saturated rings. The van der Waals surface area contributed by atoms with Crippen LogP contribution in [-0.4, -0.2) is 43.4 Å². The van der Waals surface area contributed by atoms with Crippen molar-refractivity contribution in [1.29, 1.82) is 0 Å². The molecule has 106 valence electrons. The third kappa shape index (κ3) is 5.71. The summed E-state index contributed by atoms with van der Waals surface area (Å²) in [6.45, 7) is -0.452. The summed E-state index contributed by atoms with van der Waals surface area (Å²) in [4.78, 5) is 12.8. The minimum absolute atomic E-state index is 0.0252. The van der Waals surface area contributed by atoms with Crippen molar-refractivity contribution in [3.63, 3.8) is 0 Å². The Labute approximate surface area is 109 Å². The summed E-state index contributed by atoms with van der Waals surface area (Å²) in [7, 11) is 0. The first-order valence-corrected chi connectivity index (χ1v) is 5.78. The van der Waals surface area contributed by atoms with Crippen molar-refractivity contribution in [3.8, 4) is 0 Å². The zero-order chi connectivity index (χ0) is 14.3. The largest absolute Gasteiger partial charge is 0.329 e. The molecular weight excluding hydrogens is 259 g/mol. The number of nitrogens with zero attached hydrogens (tertiary/aromatic N) is 1. The van der Waals surface area contributed by atoms with Gasteiger partial charge in [0.25, 0.3) is 6.43 Å². The molecule has 1 aromatic rings. The number of halogens is 3. The first-order chi connectivity index (χ1) is 9.02. The number of rotatable bonds is 7. The van der Waals surface area contributed by atoms with Crippen LogP contribution in [0.5, 0.6) is 0 Å². The van der Waals surface area contributed by atoms with Gasteiger partial charge >= 0.3 is 0 Å². The molecule has 0 spiro atoms. The molecule has 0 bridgehead atoms. The van der Waals surface area contributed by atoms with Crippen molar-refractivity contribution in [2.45, 2.75) is 6.43 Å². The highest BCUT2D eigenvalue weighted by molar-refractivity contribution is 5.92. The second-order valence-electron chi connectivity index (χ2n) is 3.94. The summed E-state index contributed by atoms with van der Waals surface area (Å²) in [5.74, 6) is -1.13. The lowest BCUT2D eigenvalue weighted by molar-refractivity contribution is -0.117. The van der Waals surface area contributed by atoms with Crippen LogP contribution in [0.25, 0.3) is 0 Å². The number of hydrogen-bond acceptors (Lipinski definition) is 3. The van der Waals surface area contributed by atoms with Crippen molar-refractivity contribution in [2.75, 3.05) is 31.5 Å². The molecule has 0 aliphatic rings. The van der Waals surface area contributed by atoms with Gasteiger partial charge in [-0.15, -0.1) is 0 Å². The van der Waals surface area contributed by atoms with Crippen molar-refractivity contribution in [1.82, 2.24) is 4.90 Å². The number of hydrogen-bond donors (Lipinski definition) is 2. The predicted octanol–water partition coefficient (Wildman–Crippen LogP) is 1.29. The van der Waals surface area contributed by atoms with E-state index in [2.05, 4.69) is 5.32 Å². The van der Waals surface area contributed by atoms with E-state index in [1.165, 1.54) is 23.1 Å². The third-order valence-corrected chi connectivity index (χ3v) is 2.36. The lowest BCUT2D eigenvalue weighted by Gasteiger charge is -2.20. The van der Waals surface area contributed by atoms with Gasteiger partial charge in [0, 0.05) is 13.1 Å². The maximum absolute atomic E-state index is 13.3. The fraction of sp³-hybridized carbons (Fsp3) is 0.417. The number of nitrogens with two attached hydrogens (primary N) is 1. The molecule has 0 unspecified atom stereocenters. The highest BCUT2D eigenvalue weighted by Gasteiger charge is 2.15. The Morgan fingerprint density at radius 1 is 1.37 bits per heavy atom. The van der Waals surface area contributed by atoms with Crippen LogP contribution in [0.1, 0.15) is 0 Å². The lowest BCUT2D eigenvalue weighted by Crippen LogP contribution is -2.39. The monoisotopic (exact) mass is 275 g/mol. The van der Waals surface area contributed by atoms with Crippen molar-refractivity contribution >= 4 is 11.6 Å². The zero-order valence-electron chi connectivity index (χ0n) is 10.3. The zero-order valence-corrected chi connectivity index (χ0v) is 10.3. The number of carbonyl (C=O) groups excluding carboxylic acids is 1. The van der Waals surface area contributed by atoms with Gasteiger partial charge in [0.05, 0.1) is 18.8 Å². The summed E-state index contributed by atoms with van der Waals surface area (Å²) >= 11 is 0. The van der Waals surface area contributed by atoms with Crippen LogP contribution >= 0.6 is 0 Å². The van der Waals surface area contributed by atoms with Gasteiger partial charge in [-0.1, -0.05) is 12.1 Å².